The van der Waals surface area contributed by atoms with Crippen LogP contribution in [0.1, 0.15) is 36.2 Å². The first-order valence-corrected chi connectivity index (χ1v) is 6.81. The van der Waals surface area contributed by atoms with E-state index >= 15 is 0 Å². The highest BCUT2D eigenvalue weighted by Crippen LogP contribution is 2.12. The maximum Gasteiger partial charge on any atom is 0.251 e. The number of nitrogens with one attached hydrogen (secondary N) is 2. The number of aryl methyl sites for hydroxylation is 1. The van der Waals surface area contributed by atoms with Gasteiger partial charge in [0.15, 0.2) is 0 Å². The van der Waals surface area contributed by atoms with Crippen molar-refractivity contribution >= 4 is 18.3 Å². The number of carbonyl (C=O) groups is 1. The average molecular weight is 283 g/mol. The molecule has 2 N–H and O–H groups in total. The van der Waals surface area contributed by atoms with Crippen molar-refractivity contribution in [1.82, 2.24) is 10.6 Å². The first kappa shape index (κ1) is 16.0. The molecule has 1 aliphatic heterocycles. The molecule has 1 aromatic carbocycles. The van der Waals surface area contributed by atoms with E-state index in [-0.39, 0.29) is 24.4 Å². The summed E-state index contributed by atoms with van der Waals surface area (Å²) in [6, 6.07) is 8.12. The van der Waals surface area contributed by atoms with Crippen molar-refractivity contribution in [2.75, 3.05) is 13.1 Å². The van der Waals surface area contributed by atoms with Gasteiger partial charge >= 0.3 is 0 Å². The third-order valence-corrected chi connectivity index (χ3v) is 3.77. The molecule has 0 radical (unpaired) electrons. The highest BCUT2D eigenvalue weighted by Gasteiger charge is 2.22. The predicted octanol–water partition coefficient (Wildman–Crippen LogP) is 2.40. The van der Waals surface area contributed by atoms with Crippen LogP contribution >= 0.6 is 12.4 Å². The minimum Gasteiger partial charge on any atom is -0.348 e. The third-order valence-electron chi connectivity index (χ3n) is 3.77. The van der Waals surface area contributed by atoms with Crippen LogP contribution in [-0.4, -0.2) is 25.0 Å². The summed E-state index contributed by atoms with van der Waals surface area (Å²) in [4.78, 5) is 12.1. The molecule has 1 aromatic rings. The third kappa shape index (κ3) is 4.22. The van der Waals surface area contributed by atoms with E-state index in [1.807, 2.05) is 24.3 Å². The Balaban J connectivity index is 0.00000180. The summed E-state index contributed by atoms with van der Waals surface area (Å²) >= 11 is 0. The molecule has 2 atom stereocenters. The summed E-state index contributed by atoms with van der Waals surface area (Å²) < 4.78 is 0. The quantitative estimate of drug-likeness (QED) is 0.894. The molecule has 106 valence electrons. The second-order valence-electron chi connectivity index (χ2n) is 5.10. The molecule has 0 aromatic heterocycles. The Bertz CT molecular complexity index is 405. The average Bonchev–Trinajstić information content (AvgIpc) is 2.41. The minimum atomic E-state index is 0. The topological polar surface area (TPSA) is 41.1 Å². The van der Waals surface area contributed by atoms with E-state index in [1.165, 1.54) is 5.56 Å². The van der Waals surface area contributed by atoms with Gasteiger partial charge in [0.05, 0.1) is 0 Å². The summed E-state index contributed by atoms with van der Waals surface area (Å²) in [6.45, 7) is 6.25. The largest absolute Gasteiger partial charge is 0.348 e. The Kier molecular flexibility index (Phi) is 6.32. The summed E-state index contributed by atoms with van der Waals surface area (Å²) in [5.74, 6) is 0.586. The summed E-state index contributed by atoms with van der Waals surface area (Å²) in [5.41, 5.74) is 2.02. The Hall–Kier alpha value is -1.06. The van der Waals surface area contributed by atoms with Gasteiger partial charge in [0.2, 0.25) is 0 Å². The van der Waals surface area contributed by atoms with Crippen molar-refractivity contribution in [2.24, 2.45) is 5.92 Å². The van der Waals surface area contributed by atoms with Crippen LogP contribution in [0.3, 0.4) is 0 Å². The fourth-order valence-electron chi connectivity index (χ4n) is 2.33. The van der Waals surface area contributed by atoms with Gasteiger partial charge in [0, 0.05) is 18.2 Å². The van der Waals surface area contributed by atoms with E-state index in [1.54, 1.807) is 0 Å². The van der Waals surface area contributed by atoms with E-state index in [2.05, 4.69) is 24.5 Å². The van der Waals surface area contributed by atoms with Crippen LogP contribution in [0.2, 0.25) is 0 Å². The van der Waals surface area contributed by atoms with Crippen molar-refractivity contribution in [3.05, 3.63) is 35.4 Å². The predicted molar refractivity (Wildman–Crippen MR) is 81.0 cm³/mol. The smallest absolute Gasteiger partial charge is 0.251 e. The molecule has 4 heteroatoms. The monoisotopic (exact) mass is 282 g/mol. The second kappa shape index (κ2) is 7.51. The number of amides is 1. The second-order valence-corrected chi connectivity index (χ2v) is 5.10. The van der Waals surface area contributed by atoms with Gasteiger partial charge in [-0.2, -0.15) is 0 Å². The zero-order valence-electron chi connectivity index (χ0n) is 11.6. The van der Waals surface area contributed by atoms with Crippen molar-refractivity contribution in [1.29, 1.82) is 0 Å². The van der Waals surface area contributed by atoms with Gasteiger partial charge in [-0.15, -0.1) is 12.4 Å². The molecule has 1 fully saturated rings. The van der Waals surface area contributed by atoms with Gasteiger partial charge in [-0.3, -0.25) is 4.79 Å². The number of carbonyl (C=O) groups excluding carboxylic acids is 1. The molecule has 0 saturated carbocycles. The number of hydrogen-bond acceptors (Lipinski definition) is 2. The lowest BCUT2D eigenvalue weighted by Crippen LogP contribution is -2.50. The Morgan fingerprint density at radius 3 is 2.63 bits per heavy atom. The lowest BCUT2D eigenvalue weighted by Gasteiger charge is -2.30. The molecule has 1 amide bonds. The lowest BCUT2D eigenvalue weighted by molar-refractivity contribution is 0.0915. The molecule has 19 heavy (non-hydrogen) atoms. The van der Waals surface area contributed by atoms with Gasteiger partial charge in [-0.25, -0.2) is 0 Å². The molecule has 0 bridgehead atoms. The Morgan fingerprint density at radius 1 is 1.37 bits per heavy atom. The molecule has 1 saturated heterocycles. The van der Waals surface area contributed by atoms with Crippen LogP contribution in [0, 0.1) is 5.92 Å². The number of hydrogen-bond donors (Lipinski definition) is 2. The number of rotatable bonds is 3. The van der Waals surface area contributed by atoms with E-state index in [9.17, 15) is 4.79 Å². The fourth-order valence-corrected chi connectivity index (χ4v) is 2.33. The number of halogens is 1. The van der Waals surface area contributed by atoms with Gasteiger partial charge in [0.25, 0.3) is 5.91 Å². The Labute approximate surface area is 121 Å². The van der Waals surface area contributed by atoms with Crippen molar-refractivity contribution in [3.63, 3.8) is 0 Å². The van der Waals surface area contributed by atoms with Crippen LogP contribution in [0.25, 0.3) is 0 Å². The van der Waals surface area contributed by atoms with E-state index < -0.39 is 0 Å². The first-order valence-electron chi connectivity index (χ1n) is 6.81. The Morgan fingerprint density at radius 2 is 2.05 bits per heavy atom. The lowest BCUT2D eigenvalue weighted by atomic mass is 9.94. The van der Waals surface area contributed by atoms with Crippen LogP contribution in [0.5, 0.6) is 0 Å². The van der Waals surface area contributed by atoms with Gasteiger partial charge in [-0.05, 0) is 43.0 Å². The van der Waals surface area contributed by atoms with E-state index in [0.29, 0.717) is 5.92 Å². The highest BCUT2D eigenvalue weighted by molar-refractivity contribution is 5.94. The van der Waals surface area contributed by atoms with Crippen molar-refractivity contribution in [2.45, 2.75) is 32.7 Å². The van der Waals surface area contributed by atoms with Crippen molar-refractivity contribution < 1.29 is 4.79 Å². The molecule has 0 aliphatic carbocycles. The van der Waals surface area contributed by atoms with Crippen molar-refractivity contribution in [3.8, 4) is 0 Å². The maximum atomic E-state index is 12.1. The molecule has 2 unspecified atom stereocenters. The van der Waals surface area contributed by atoms with Gasteiger partial charge in [-0.1, -0.05) is 26.0 Å². The molecular formula is C15H23ClN2O. The number of benzene rings is 1. The van der Waals surface area contributed by atoms with Gasteiger partial charge < -0.3 is 10.6 Å². The first-order chi connectivity index (χ1) is 8.70. The zero-order chi connectivity index (χ0) is 13.0. The SMILES string of the molecule is CCc1ccc(C(=O)NC2CNCCC2C)cc1.Cl. The molecular weight excluding hydrogens is 260 g/mol. The molecule has 0 spiro atoms. The van der Waals surface area contributed by atoms with E-state index in [0.717, 1.165) is 31.5 Å². The zero-order valence-corrected chi connectivity index (χ0v) is 12.4. The van der Waals surface area contributed by atoms with E-state index in [4.69, 9.17) is 0 Å². The molecule has 2 rings (SSSR count). The molecule has 1 heterocycles. The standard InChI is InChI=1S/C15H22N2O.ClH/c1-3-12-4-6-13(7-5-12)15(18)17-14-10-16-9-8-11(14)2;/h4-7,11,14,16H,3,8-10H2,1-2H3,(H,17,18);1H. The van der Waals surface area contributed by atoms with Crippen LogP contribution < -0.4 is 10.6 Å². The fraction of sp³-hybridized carbons (Fsp3) is 0.533. The molecule has 3 nitrogen and oxygen atoms in total. The maximum absolute atomic E-state index is 12.1. The van der Waals surface area contributed by atoms with Crippen LogP contribution in [-0.2, 0) is 6.42 Å². The minimum absolute atomic E-state index is 0. The normalized spacial score (nSPS) is 22.4. The van der Waals surface area contributed by atoms with Gasteiger partial charge in [0.1, 0.15) is 0 Å². The summed E-state index contributed by atoms with van der Waals surface area (Å²) in [7, 11) is 0. The summed E-state index contributed by atoms with van der Waals surface area (Å²) in [6.07, 6.45) is 2.13. The summed E-state index contributed by atoms with van der Waals surface area (Å²) in [5, 5.41) is 6.45. The molecule has 1 aliphatic rings. The highest BCUT2D eigenvalue weighted by atomic mass is 35.5. The van der Waals surface area contributed by atoms with Crippen LogP contribution in [0.15, 0.2) is 24.3 Å². The number of piperidine rings is 1. The van der Waals surface area contributed by atoms with Crippen LogP contribution in [0.4, 0.5) is 0 Å².